The van der Waals surface area contributed by atoms with E-state index >= 15 is 0 Å². The van der Waals surface area contributed by atoms with E-state index in [1.54, 1.807) is 13.3 Å². The zero-order valence-electron chi connectivity index (χ0n) is 18.4. The molecule has 0 aliphatic carbocycles. The number of hydrogen-bond donors (Lipinski definition) is 2. The van der Waals surface area contributed by atoms with E-state index in [1.807, 2.05) is 54.7 Å². The van der Waals surface area contributed by atoms with Crippen molar-refractivity contribution in [3.63, 3.8) is 0 Å². The number of aromatic nitrogens is 2. The molecule has 1 amide bonds. The van der Waals surface area contributed by atoms with E-state index in [0.717, 1.165) is 73.8 Å². The molecule has 4 rings (SSSR count). The Labute approximate surface area is 188 Å². The molecule has 1 atom stereocenters. The van der Waals surface area contributed by atoms with Crippen LogP contribution in [0, 0.1) is 0 Å². The summed E-state index contributed by atoms with van der Waals surface area (Å²) in [5.41, 5.74) is 3.81. The highest BCUT2D eigenvalue weighted by Crippen LogP contribution is 2.27. The number of benzene rings is 2. The van der Waals surface area contributed by atoms with Crippen LogP contribution in [0.15, 0.2) is 60.9 Å². The van der Waals surface area contributed by atoms with E-state index < -0.39 is 0 Å². The smallest absolute Gasteiger partial charge is 0.231 e. The minimum atomic E-state index is -0.250. The third-order valence-electron chi connectivity index (χ3n) is 5.87. The maximum Gasteiger partial charge on any atom is 0.231 e. The van der Waals surface area contributed by atoms with Gasteiger partial charge in [0.25, 0.3) is 0 Å². The maximum absolute atomic E-state index is 13.3. The lowest BCUT2D eigenvalue weighted by Crippen LogP contribution is -2.37. The molecule has 0 saturated carbocycles. The zero-order chi connectivity index (χ0) is 22.2. The number of rotatable bonds is 9. The molecule has 32 heavy (non-hydrogen) atoms. The molecular weight excluding hydrogens is 404 g/mol. The number of nitrogens with one attached hydrogen (secondary N) is 2. The van der Waals surface area contributed by atoms with Crippen LogP contribution in [0.3, 0.4) is 0 Å². The summed E-state index contributed by atoms with van der Waals surface area (Å²) in [6, 6.07) is 15.6. The Bertz CT molecular complexity index is 983. The molecule has 1 aromatic heterocycles. The lowest BCUT2D eigenvalue weighted by molar-refractivity contribution is -0.117. The van der Waals surface area contributed by atoms with Crippen molar-refractivity contribution >= 4 is 11.6 Å². The topological polar surface area (TPSA) is 79.5 Å². The lowest BCUT2D eigenvalue weighted by atomic mass is 9.92. The maximum atomic E-state index is 13.3. The van der Waals surface area contributed by atoms with Crippen LogP contribution in [0.2, 0.25) is 0 Å². The summed E-state index contributed by atoms with van der Waals surface area (Å²) in [5, 5.41) is 9.91. The quantitative estimate of drug-likeness (QED) is 0.534. The minimum Gasteiger partial charge on any atom is -0.497 e. The number of anilines is 1. The third-order valence-corrected chi connectivity index (χ3v) is 5.87. The largest absolute Gasteiger partial charge is 0.497 e. The summed E-state index contributed by atoms with van der Waals surface area (Å²) in [6.07, 6.45) is 5.33. The van der Waals surface area contributed by atoms with Crippen LogP contribution in [0.5, 0.6) is 5.75 Å². The van der Waals surface area contributed by atoms with E-state index in [-0.39, 0.29) is 11.8 Å². The van der Waals surface area contributed by atoms with Crippen molar-refractivity contribution in [1.82, 2.24) is 15.1 Å². The van der Waals surface area contributed by atoms with Gasteiger partial charge in [0.1, 0.15) is 5.75 Å². The van der Waals surface area contributed by atoms with Gasteiger partial charge in [-0.25, -0.2) is 0 Å². The van der Waals surface area contributed by atoms with Crippen molar-refractivity contribution in [2.75, 3.05) is 45.3 Å². The number of morpholine rings is 1. The molecule has 1 saturated heterocycles. The molecule has 2 heterocycles. The average Bonchev–Trinajstić information content (AvgIpc) is 3.38. The Hall–Kier alpha value is -3.16. The molecule has 2 N–H and O–H groups in total. The highest BCUT2D eigenvalue weighted by Gasteiger charge is 2.22. The van der Waals surface area contributed by atoms with Gasteiger partial charge in [-0.15, -0.1) is 0 Å². The molecule has 1 unspecified atom stereocenters. The molecule has 7 heteroatoms. The highest BCUT2D eigenvalue weighted by molar-refractivity contribution is 5.96. The van der Waals surface area contributed by atoms with Crippen molar-refractivity contribution in [2.45, 2.75) is 18.8 Å². The van der Waals surface area contributed by atoms with Gasteiger partial charge in [-0.3, -0.25) is 14.8 Å². The van der Waals surface area contributed by atoms with Gasteiger partial charge in [0.05, 0.1) is 32.4 Å². The summed E-state index contributed by atoms with van der Waals surface area (Å²) in [5.74, 6) is 0.508. The predicted octanol–water partition coefficient (Wildman–Crippen LogP) is 3.92. The predicted molar refractivity (Wildman–Crippen MR) is 125 cm³/mol. The number of ether oxygens (including phenoxy) is 2. The summed E-state index contributed by atoms with van der Waals surface area (Å²) in [4.78, 5) is 15.7. The van der Waals surface area contributed by atoms with Gasteiger partial charge in [0.15, 0.2) is 0 Å². The molecule has 7 nitrogen and oxygen atoms in total. The van der Waals surface area contributed by atoms with Crippen molar-refractivity contribution in [3.05, 3.63) is 66.5 Å². The summed E-state index contributed by atoms with van der Waals surface area (Å²) in [6.45, 7) is 4.46. The van der Waals surface area contributed by atoms with E-state index in [4.69, 9.17) is 9.47 Å². The minimum absolute atomic E-state index is 0.00343. The number of hydrogen-bond acceptors (Lipinski definition) is 5. The Morgan fingerprint density at radius 2 is 2.00 bits per heavy atom. The third kappa shape index (κ3) is 5.75. The van der Waals surface area contributed by atoms with Crippen LogP contribution in [-0.4, -0.2) is 61.0 Å². The normalized spacial score (nSPS) is 15.3. The van der Waals surface area contributed by atoms with Crippen molar-refractivity contribution < 1.29 is 14.3 Å². The molecular formula is C25H30N4O3. The number of carbonyl (C=O) groups is 1. The first-order valence-corrected chi connectivity index (χ1v) is 11.1. The Morgan fingerprint density at radius 1 is 1.19 bits per heavy atom. The number of aromatic amines is 1. The Kier molecular flexibility index (Phi) is 7.53. The molecule has 1 fully saturated rings. The fourth-order valence-corrected chi connectivity index (χ4v) is 4.04. The highest BCUT2D eigenvalue weighted by atomic mass is 16.5. The van der Waals surface area contributed by atoms with Crippen LogP contribution >= 0.6 is 0 Å². The fraction of sp³-hybridized carbons (Fsp3) is 0.360. The van der Waals surface area contributed by atoms with Gasteiger partial charge >= 0.3 is 0 Å². The fourth-order valence-electron chi connectivity index (χ4n) is 4.04. The van der Waals surface area contributed by atoms with Gasteiger partial charge in [0.2, 0.25) is 5.91 Å². The van der Waals surface area contributed by atoms with Crippen LogP contribution in [-0.2, 0) is 9.53 Å². The van der Waals surface area contributed by atoms with Crippen molar-refractivity contribution in [1.29, 1.82) is 0 Å². The number of nitrogens with zero attached hydrogens (tertiary/aromatic N) is 2. The van der Waals surface area contributed by atoms with E-state index in [2.05, 4.69) is 20.4 Å². The molecule has 1 aliphatic heterocycles. The SMILES string of the molecule is COc1cccc(C(CCCN2CCOCC2)C(=O)Nc2ccc(-c3cn[nH]c3)cc2)c1. The van der Waals surface area contributed by atoms with Gasteiger partial charge in [-0.1, -0.05) is 24.3 Å². The number of methoxy groups -OCH3 is 1. The molecule has 168 valence electrons. The van der Waals surface area contributed by atoms with Crippen LogP contribution in [0.1, 0.15) is 24.3 Å². The summed E-state index contributed by atoms with van der Waals surface area (Å²) >= 11 is 0. The van der Waals surface area contributed by atoms with Crippen molar-refractivity contribution in [2.24, 2.45) is 0 Å². The number of carbonyl (C=O) groups excluding carboxylic acids is 1. The number of H-pyrrole nitrogens is 1. The standard InChI is InChI=1S/C25H30N4O3/c1-31-23-5-2-4-20(16-23)24(6-3-11-29-12-14-32-15-13-29)25(30)28-22-9-7-19(8-10-22)21-17-26-27-18-21/h2,4-5,7-10,16-18,24H,3,6,11-15H2,1H3,(H,26,27)(H,28,30). The number of amides is 1. The molecule has 2 aromatic carbocycles. The van der Waals surface area contributed by atoms with E-state index in [1.165, 1.54) is 0 Å². The van der Waals surface area contributed by atoms with Crippen LogP contribution in [0.4, 0.5) is 5.69 Å². The van der Waals surface area contributed by atoms with E-state index in [0.29, 0.717) is 0 Å². The first kappa shape index (κ1) is 22.0. The molecule has 0 radical (unpaired) electrons. The molecule has 3 aromatic rings. The van der Waals surface area contributed by atoms with Gasteiger partial charge in [-0.05, 0) is 54.8 Å². The molecule has 1 aliphatic rings. The second kappa shape index (κ2) is 10.9. The first-order valence-electron chi connectivity index (χ1n) is 11.1. The Balaban J connectivity index is 1.44. The first-order chi connectivity index (χ1) is 15.7. The molecule has 0 bridgehead atoms. The zero-order valence-corrected chi connectivity index (χ0v) is 18.4. The van der Waals surface area contributed by atoms with Gasteiger partial charge < -0.3 is 14.8 Å². The van der Waals surface area contributed by atoms with Crippen LogP contribution in [0.25, 0.3) is 11.1 Å². The van der Waals surface area contributed by atoms with Gasteiger partial charge in [-0.2, -0.15) is 5.10 Å². The monoisotopic (exact) mass is 434 g/mol. The van der Waals surface area contributed by atoms with Gasteiger partial charge in [0, 0.05) is 30.5 Å². The molecule has 0 spiro atoms. The van der Waals surface area contributed by atoms with Crippen molar-refractivity contribution in [3.8, 4) is 16.9 Å². The Morgan fingerprint density at radius 3 is 2.72 bits per heavy atom. The van der Waals surface area contributed by atoms with Crippen LogP contribution < -0.4 is 10.1 Å². The van der Waals surface area contributed by atoms with E-state index in [9.17, 15) is 4.79 Å². The lowest BCUT2D eigenvalue weighted by Gasteiger charge is -2.27. The average molecular weight is 435 g/mol. The summed E-state index contributed by atoms with van der Waals surface area (Å²) < 4.78 is 10.8. The summed E-state index contributed by atoms with van der Waals surface area (Å²) in [7, 11) is 1.65. The second-order valence-electron chi connectivity index (χ2n) is 7.98. The second-order valence-corrected chi connectivity index (χ2v) is 7.98.